The third kappa shape index (κ3) is 2.49. The minimum Gasteiger partial charge on any atom is -0.338 e. The van der Waals surface area contributed by atoms with Crippen LogP contribution in [-0.2, 0) is 5.88 Å². The van der Waals surface area contributed by atoms with Gasteiger partial charge in [0, 0.05) is 17.8 Å². The Morgan fingerprint density at radius 2 is 1.94 bits per heavy atom. The maximum Gasteiger partial charge on any atom is 0.166 e. The molecule has 4 heteroatoms. The van der Waals surface area contributed by atoms with Gasteiger partial charge in [-0.15, -0.1) is 11.6 Å². The Labute approximate surface area is 98.1 Å². The van der Waals surface area contributed by atoms with Crippen molar-refractivity contribution >= 4 is 23.1 Å². The molecule has 16 heavy (non-hydrogen) atoms. The summed E-state index contributed by atoms with van der Waals surface area (Å²) in [5, 5.41) is 2.89. The molecule has 2 nitrogen and oxygen atoms in total. The summed E-state index contributed by atoms with van der Waals surface area (Å²) in [6, 6.07) is 10.4. The number of rotatable bonds is 3. The number of pyridine rings is 1. The summed E-state index contributed by atoms with van der Waals surface area (Å²) in [4.78, 5) is 3.90. The molecule has 2 rings (SSSR count). The molecule has 0 atom stereocenters. The second kappa shape index (κ2) is 4.94. The van der Waals surface area contributed by atoms with Gasteiger partial charge in [0.05, 0.1) is 0 Å². The molecule has 0 spiro atoms. The van der Waals surface area contributed by atoms with Crippen LogP contribution in [0.2, 0.25) is 0 Å². The molecule has 0 saturated carbocycles. The number of benzene rings is 1. The average molecular weight is 237 g/mol. The number of hydrogen-bond donors (Lipinski definition) is 1. The van der Waals surface area contributed by atoms with E-state index in [2.05, 4.69) is 10.3 Å². The molecule has 0 bridgehead atoms. The van der Waals surface area contributed by atoms with Gasteiger partial charge in [0.1, 0.15) is 0 Å². The van der Waals surface area contributed by atoms with Gasteiger partial charge in [-0.05, 0) is 29.8 Å². The predicted octanol–water partition coefficient (Wildman–Crippen LogP) is 3.70. The molecule has 1 heterocycles. The van der Waals surface area contributed by atoms with Crippen LogP contribution < -0.4 is 5.32 Å². The third-order valence-electron chi connectivity index (χ3n) is 2.13. The maximum atomic E-state index is 13.3. The molecule has 0 amide bonds. The van der Waals surface area contributed by atoms with E-state index in [1.807, 2.05) is 24.3 Å². The standard InChI is InChI=1S/C12H10ClFN2/c13-8-9-3-5-10(6-4-9)16-12-11(14)2-1-7-15-12/h1-7H,8H2,(H,15,16). The number of aromatic nitrogens is 1. The molecule has 0 aliphatic heterocycles. The van der Waals surface area contributed by atoms with Crippen molar-refractivity contribution in [3.05, 3.63) is 54.0 Å². The highest BCUT2D eigenvalue weighted by Crippen LogP contribution is 2.17. The van der Waals surface area contributed by atoms with Gasteiger partial charge in [-0.2, -0.15) is 0 Å². The Morgan fingerprint density at radius 1 is 1.19 bits per heavy atom. The summed E-state index contributed by atoms with van der Waals surface area (Å²) in [7, 11) is 0. The van der Waals surface area contributed by atoms with Crippen molar-refractivity contribution in [3.8, 4) is 0 Å². The van der Waals surface area contributed by atoms with Gasteiger partial charge >= 0.3 is 0 Å². The quantitative estimate of drug-likeness (QED) is 0.822. The van der Waals surface area contributed by atoms with Gasteiger partial charge in [-0.1, -0.05) is 12.1 Å². The zero-order chi connectivity index (χ0) is 11.4. The van der Waals surface area contributed by atoms with Crippen molar-refractivity contribution in [1.29, 1.82) is 0 Å². The van der Waals surface area contributed by atoms with Crippen LogP contribution in [0.1, 0.15) is 5.56 Å². The zero-order valence-corrected chi connectivity index (χ0v) is 9.21. The number of nitrogens with zero attached hydrogens (tertiary/aromatic N) is 1. The van der Waals surface area contributed by atoms with Gasteiger partial charge in [0.25, 0.3) is 0 Å². The van der Waals surface area contributed by atoms with Crippen molar-refractivity contribution in [3.63, 3.8) is 0 Å². The summed E-state index contributed by atoms with van der Waals surface area (Å²) in [5.41, 5.74) is 1.81. The fourth-order valence-corrected chi connectivity index (χ4v) is 1.47. The highest BCUT2D eigenvalue weighted by atomic mass is 35.5. The Kier molecular flexibility index (Phi) is 3.37. The highest BCUT2D eigenvalue weighted by molar-refractivity contribution is 6.17. The molecular formula is C12H10ClFN2. The number of hydrogen-bond acceptors (Lipinski definition) is 2. The van der Waals surface area contributed by atoms with Crippen LogP contribution in [0.15, 0.2) is 42.6 Å². The van der Waals surface area contributed by atoms with E-state index in [4.69, 9.17) is 11.6 Å². The van der Waals surface area contributed by atoms with Crippen molar-refractivity contribution in [2.24, 2.45) is 0 Å². The van der Waals surface area contributed by atoms with Crippen molar-refractivity contribution < 1.29 is 4.39 Å². The van der Waals surface area contributed by atoms with E-state index in [1.54, 1.807) is 12.3 Å². The molecular weight excluding hydrogens is 227 g/mol. The summed E-state index contributed by atoms with van der Waals surface area (Å²) in [6.07, 6.45) is 1.54. The number of nitrogens with one attached hydrogen (secondary N) is 1. The summed E-state index contributed by atoms with van der Waals surface area (Å²) in [5.74, 6) is 0.322. The second-order valence-electron chi connectivity index (χ2n) is 3.29. The minimum atomic E-state index is -0.371. The van der Waals surface area contributed by atoms with Crippen molar-refractivity contribution in [2.45, 2.75) is 5.88 Å². The van der Waals surface area contributed by atoms with Gasteiger partial charge in [0.2, 0.25) is 0 Å². The van der Waals surface area contributed by atoms with Crippen molar-refractivity contribution in [1.82, 2.24) is 4.98 Å². The summed E-state index contributed by atoms with van der Waals surface area (Å²) >= 11 is 5.67. The van der Waals surface area contributed by atoms with E-state index in [9.17, 15) is 4.39 Å². The van der Waals surface area contributed by atoms with Crippen LogP contribution in [0.3, 0.4) is 0 Å². The van der Waals surface area contributed by atoms with Gasteiger partial charge in [-0.3, -0.25) is 0 Å². The van der Waals surface area contributed by atoms with Crippen LogP contribution in [0.5, 0.6) is 0 Å². The van der Waals surface area contributed by atoms with E-state index in [1.165, 1.54) is 6.07 Å². The van der Waals surface area contributed by atoms with E-state index in [0.29, 0.717) is 5.88 Å². The first-order valence-corrected chi connectivity index (χ1v) is 5.35. The summed E-state index contributed by atoms with van der Waals surface area (Å²) < 4.78 is 13.3. The normalized spacial score (nSPS) is 10.1. The first kappa shape index (κ1) is 10.9. The maximum absolute atomic E-state index is 13.3. The highest BCUT2D eigenvalue weighted by Gasteiger charge is 2.01. The first-order valence-electron chi connectivity index (χ1n) is 4.82. The Hall–Kier alpha value is -1.61. The third-order valence-corrected chi connectivity index (χ3v) is 2.44. The summed E-state index contributed by atoms with van der Waals surface area (Å²) in [6.45, 7) is 0. The smallest absolute Gasteiger partial charge is 0.166 e. The Balaban J connectivity index is 2.18. The minimum absolute atomic E-state index is 0.223. The fraction of sp³-hybridized carbons (Fsp3) is 0.0833. The lowest BCUT2D eigenvalue weighted by Crippen LogP contribution is -1.96. The lowest BCUT2D eigenvalue weighted by Gasteiger charge is -2.06. The number of halogens is 2. The molecule has 0 fully saturated rings. The lowest BCUT2D eigenvalue weighted by molar-refractivity contribution is 0.626. The number of alkyl halides is 1. The van der Waals surface area contributed by atoms with Gasteiger partial charge in [-0.25, -0.2) is 9.37 Å². The monoisotopic (exact) mass is 236 g/mol. The lowest BCUT2D eigenvalue weighted by atomic mass is 10.2. The topological polar surface area (TPSA) is 24.9 Å². The Bertz CT molecular complexity index is 471. The SMILES string of the molecule is Fc1cccnc1Nc1ccc(CCl)cc1. The van der Waals surface area contributed by atoms with E-state index in [0.717, 1.165) is 11.3 Å². The van der Waals surface area contributed by atoms with E-state index in [-0.39, 0.29) is 11.6 Å². The molecule has 2 aromatic rings. The van der Waals surface area contributed by atoms with Crippen LogP contribution in [0, 0.1) is 5.82 Å². The molecule has 0 aliphatic rings. The molecule has 0 unspecified atom stereocenters. The van der Waals surface area contributed by atoms with Gasteiger partial charge < -0.3 is 5.32 Å². The Morgan fingerprint density at radius 3 is 2.56 bits per heavy atom. The number of anilines is 2. The van der Waals surface area contributed by atoms with Crippen LogP contribution in [0.4, 0.5) is 15.9 Å². The van der Waals surface area contributed by atoms with Crippen LogP contribution in [0.25, 0.3) is 0 Å². The van der Waals surface area contributed by atoms with E-state index < -0.39 is 0 Å². The molecule has 0 radical (unpaired) electrons. The first-order chi connectivity index (χ1) is 7.79. The second-order valence-corrected chi connectivity index (χ2v) is 3.56. The predicted molar refractivity (Wildman–Crippen MR) is 63.5 cm³/mol. The average Bonchev–Trinajstić information content (AvgIpc) is 2.33. The molecule has 82 valence electrons. The zero-order valence-electron chi connectivity index (χ0n) is 8.45. The molecule has 1 aromatic heterocycles. The van der Waals surface area contributed by atoms with Gasteiger partial charge in [0.15, 0.2) is 11.6 Å². The van der Waals surface area contributed by atoms with Crippen molar-refractivity contribution in [2.75, 3.05) is 5.32 Å². The molecule has 1 N–H and O–H groups in total. The largest absolute Gasteiger partial charge is 0.338 e. The van der Waals surface area contributed by atoms with Crippen LogP contribution in [-0.4, -0.2) is 4.98 Å². The van der Waals surface area contributed by atoms with E-state index >= 15 is 0 Å². The fourth-order valence-electron chi connectivity index (χ4n) is 1.29. The molecule has 0 aliphatic carbocycles. The molecule has 0 saturated heterocycles. The molecule has 1 aromatic carbocycles. The van der Waals surface area contributed by atoms with Crippen LogP contribution >= 0.6 is 11.6 Å².